The van der Waals surface area contributed by atoms with Crippen LogP contribution < -0.4 is 5.32 Å². The molecule has 0 unspecified atom stereocenters. The lowest BCUT2D eigenvalue weighted by molar-refractivity contribution is -0.117. The van der Waals surface area contributed by atoms with Gasteiger partial charge in [0, 0.05) is 30.2 Å². The topological polar surface area (TPSA) is 69.7 Å². The number of anilines is 1. The molecule has 0 atom stereocenters. The van der Waals surface area contributed by atoms with E-state index in [1.54, 1.807) is 29.5 Å². The fourth-order valence-corrected chi connectivity index (χ4v) is 5.38. The number of carbonyl (C=O) groups excluding carboxylic acids is 1. The predicted molar refractivity (Wildman–Crippen MR) is 115 cm³/mol. The number of hydrogen-bond donors (Lipinski definition) is 1. The molecule has 0 spiro atoms. The van der Waals surface area contributed by atoms with Crippen molar-refractivity contribution in [2.24, 2.45) is 0 Å². The van der Waals surface area contributed by atoms with Crippen LogP contribution in [0.1, 0.15) is 29.9 Å². The van der Waals surface area contributed by atoms with E-state index in [0.717, 1.165) is 5.56 Å². The van der Waals surface area contributed by atoms with Crippen LogP contribution in [-0.4, -0.2) is 50.2 Å². The van der Waals surface area contributed by atoms with Crippen LogP contribution >= 0.6 is 11.3 Å². The van der Waals surface area contributed by atoms with E-state index in [0.29, 0.717) is 25.3 Å². The van der Waals surface area contributed by atoms with Crippen molar-refractivity contribution in [3.8, 4) is 0 Å². The highest BCUT2D eigenvalue weighted by Crippen LogP contribution is 2.23. The van der Waals surface area contributed by atoms with Gasteiger partial charge in [0.15, 0.2) is 0 Å². The molecule has 2 aromatic rings. The van der Waals surface area contributed by atoms with Crippen LogP contribution in [0.2, 0.25) is 0 Å². The molecule has 1 aromatic carbocycles. The molecule has 8 heteroatoms. The first-order chi connectivity index (χ1) is 13.2. The van der Waals surface area contributed by atoms with Gasteiger partial charge in [0.05, 0.1) is 11.4 Å². The third kappa shape index (κ3) is 5.41. The van der Waals surface area contributed by atoms with Crippen molar-refractivity contribution in [2.75, 3.05) is 32.0 Å². The van der Waals surface area contributed by atoms with Crippen molar-refractivity contribution in [2.45, 2.75) is 39.1 Å². The van der Waals surface area contributed by atoms with Crippen LogP contribution in [-0.2, 0) is 21.4 Å². The predicted octanol–water partition coefficient (Wildman–Crippen LogP) is 3.47. The minimum absolute atomic E-state index is 0.169. The average Bonchev–Trinajstić information content (AvgIpc) is 3.02. The first-order valence-corrected chi connectivity index (χ1v) is 11.6. The third-order valence-electron chi connectivity index (χ3n) is 4.62. The zero-order valence-electron chi connectivity index (χ0n) is 17.2. The SMILES string of the molecule is CCN(CC)S(=O)(=O)c1ccc(C)c(NC(=O)CN(C)Cc2sccc2C)c1. The number of nitrogens with zero attached hydrogens (tertiary/aromatic N) is 2. The maximum Gasteiger partial charge on any atom is 0.243 e. The van der Waals surface area contributed by atoms with Gasteiger partial charge in [-0.05, 0) is 55.6 Å². The second-order valence-corrected chi connectivity index (χ2v) is 9.75. The first kappa shape index (κ1) is 22.5. The fraction of sp³-hybridized carbons (Fsp3) is 0.450. The lowest BCUT2D eigenvalue weighted by atomic mass is 10.2. The molecular weight excluding hydrogens is 394 g/mol. The maximum absolute atomic E-state index is 12.7. The van der Waals surface area contributed by atoms with Crippen LogP contribution in [0.15, 0.2) is 34.5 Å². The van der Waals surface area contributed by atoms with Gasteiger partial charge >= 0.3 is 0 Å². The van der Waals surface area contributed by atoms with Crippen LogP contribution in [0.4, 0.5) is 5.69 Å². The minimum atomic E-state index is -3.57. The van der Waals surface area contributed by atoms with E-state index in [9.17, 15) is 13.2 Å². The Labute approximate surface area is 172 Å². The second kappa shape index (κ2) is 9.65. The van der Waals surface area contributed by atoms with Gasteiger partial charge in [-0.3, -0.25) is 9.69 Å². The Balaban J connectivity index is 2.11. The molecule has 0 fully saturated rings. The van der Waals surface area contributed by atoms with Crippen molar-refractivity contribution in [1.29, 1.82) is 0 Å². The monoisotopic (exact) mass is 423 g/mol. The number of benzene rings is 1. The molecule has 0 saturated carbocycles. The Morgan fingerprint density at radius 2 is 1.79 bits per heavy atom. The Hall–Kier alpha value is -1.74. The smallest absolute Gasteiger partial charge is 0.243 e. The van der Waals surface area contributed by atoms with E-state index in [1.807, 2.05) is 38.1 Å². The fourth-order valence-electron chi connectivity index (χ4n) is 2.91. The third-order valence-corrected chi connectivity index (χ3v) is 7.68. The summed E-state index contributed by atoms with van der Waals surface area (Å²) >= 11 is 1.68. The van der Waals surface area contributed by atoms with Gasteiger partial charge in [-0.1, -0.05) is 19.9 Å². The molecule has 154 valence electrons. The highest BCUT2D eigenvalue weighted by atomic mass is 32.2. The lowest BCUT2D eigenvalue weighted by Gasteiger charge is -2.20. The molecule has 1 heterocycles. The highest BCUT2D eigenvalue weighted by Gasteiger charge is 2.22. The average molecular weight is 424 g/mol. The van der Waals surface area contributed by atoms with Gasteiger partial charge in [-0.15, -0.1) is 11.3 Å². The maximum atomic E-state index is 12.7. The number of amides is 1. The number of sulfonamides is 1. The number of nitrogens with one attached hydrogen (secondary N) is 1. The number of hydrogen-bond acceptors (Lipinski definition) is 5. The van der Waals surface area contributed by atoms with E-state index in [4.69, 9.17) is 0 Å². The van der Waals surface area contributed by atoms with Gasteiger partial charge in [-0.2, -0.15) is 4.31 Å². The van der Waals surface area contributed by atoms with Crippen molar-refractivity contribution in [1.82, 2.24) is 9.21 Å². The van der Waals surface area contributed by atoms with Crippen LogP contribution in [0.3, 0.4) is 0 Å². The van der Waals surface area contributed by atoms with Crippen molar-refractivity contribution in [3.05, 3.63) is 45.6 Å². The van der Waals surface area contributed by atoms with E-state index >= 15 is 0 Å². The lowest BCUT2D eigenvalue weighted by Crippen LogP contribution is -2.31. The first-order valence-electron chi connectivity index (χ1n) is 9.31. The summed E-state index contributed by atoms with van der Waals surface area (Å²) in [5.41, 5.74) is 2.57. The molecule has 1 amide bonds. The molecule has 6 nitrogen and oxygen atoms in total. The minimum Gasteiger partial charge on any atom is -0.325 e. The van der Waals surface area contributed by atoms with Crippen LogP contribution in [0.25, 0.3) is 0 Å². The standard InChI is InChI=1S/C20H29N3O3S2/c1-6-23(7-2)28(25,26)17-9-8-15(3)18(12-17)21-20(24)14-22(5)13-19-16(4)10-11-27-19/h8-12H,6-7,13-14H2,1-5H3,(H,21,24). The molecule has 0 aliphatic carbocycles. The number of rotatable bonds is 9. The summed E-state index contributed by atoms with van der Waals surface area (Å²) in [5.74, 6) is -0.169. The Morgan fingerprint density at radius 3 is 2.36 bits per heavy atom. The summed E-state index contributed by atoms with van der Waals surface area (Å²) in [5, 5.41) is 4.91. The van der Waals surface area contributed by atoms with Crippen LogP contribution in [0, 0.1) is 13.8 Å². The van der Waals surface area contributed by atoms with Gasteiger partial charge in [0.1, 0.15) is 0 Å². The highest BCUT2D eigenvalue weighted by molar-refractivity contribution is 7.89. The van der Waals surface area contributed by atoms with Gasteiger partial charge in [0.2, 0.25) is 15.9 Å². The number of carbonyl (C=O) groups is 1. The van der Waals surface area contributed by atoms with E-state index in [2.05, 4.69) is 18.3 Å². The zero-order chi connectivity index (χ0) is 20.9. The summed E-state index contributed by atoms with van der Waals surface area (Å²) in [6.45, 7) is 9.26. The van der Waals surface area contributed by atoms with Gasteiger partial charge in [-0.25, -0.2) is 8.42 Å². The molecule has 28 heavy (non-hydrogen) atoms. The molecule has 0 radical (unpaired) electrons. The molecular formula is C20H29N3O3S2. The Morgan fingerprint density at radius 1 is 1.11 bits per heavy atom. The van der Waals surface area contributed by atoms with Gasteiger partial charge < -0.3 is 5.32 Å². The van der Waals surface area contributed by atoms with Crippen molar-refractivity contribution in [3.63, 3.8) is 0 Å². The molecule has 2 rings (SSSR count). The zero-order valence-corrected chi connectivity index (χ0v) is 18.8. The van der Waals surface area contributed by atoms with E-state index < -0.39 is 10.0 Å². The largest absolute Gasteiger partial charge is 0.325 e. The van der Waals surface area contributed by atoms with E-state index in [-0.39, 0.29) is 17.3 Å². The summed E-state index contributed by atoms with van der Waals surface area (Å²) in [7, 11) is -1.67. The number of thiophene rings is 1. The number of aryl methyl sites for hydroxylation is 2. The quantitative estimate of drug-likeness (QED) is 0.671. The molecule has 0 saturated heterocycles. The van der Waals surface area contributed by atoms with Gasteiger partial charge in [0.25, 0.3) is 0 Å². The summed E-state index contributed by atoms with van der Waals surface area (Å²) in [6.07, 6.45) is 0. The summed E-state index contributed by atoms with van der Waals surface area (Å²) in [4.78, 5) is 15.9. The Bertz CT molecular complexity index is 919. The van der Waals surface area contributed by atoms with Crippen LogP contribution in [0.5, 0.6) is 0 Å². The van der Waals surface area contributed by atoms with E-state index in [1.165, 1.54) is 14.7 Å². The molecule has 0 aliphatic rings. The summed E-state index contributed by atoms with van der Waals surface area (Å²) in [6, 6.07) is 6.93. The summed E-state index contributed by atoms with van der Waals surface area (Å²) < 4.78 is 26.9. The van der Waals surface area contributed by atoms with Crippen molar-refractivity contribution >= 4 is 33.0 Å². The molecule has 0 bridgehead atoms. The number of likely N-dealkylation sites (N-methyl/N-ethyl adjacent to an activating group) is 1. The molecule has 1 N–H and O–H groups in total. The molecule has 0 aliphatic heterocycles. The second-order valence-electron chi connectivity index (χ2n) is 6.81. The molecule has 1 aromatic heterocycles. The Kier molecular flexibility index (Phi) is 7.77. The normalized spacial score (nSPS) is 12.0. The van der Waals surface area contributed by atoms with Crippen molar-refractivity contribution < 1.29 is 13.2 Å².